The summed E-state index contributed by atoms with van der Waals surface area (Å²) in [7, 11) is -5.35. The van der Waals surface area contributed by atoms with Crippen molar-refractivity contribution < 1.29 is 26.5 Å². The standard InChI is InChI=1S/C18H21ClN4O6S2/c1-21(29-2)31(27,28)17-12-14(5-6-16(17)19)18(24)22-8-10-23(11-9-22)30(25,26)15-4-3-7-20-13-15/h3-7,12-13H,8-11H2,1-2H3. The summed E-state index contributed by atoms with van der Waals surface area (Å²) in [5.74, 6) is -0.424. The molecule has 13 heteroatoms. The Morgan fingerprint density at radius 1 is 1.13 bits per heavy atom. The highest BCUT2D eigenvalue weighted by atomic mass is 35.5. The molecule has 168 valence electrons. The van der Waals surface area contributed by atoms with Gasteiger partial charge in [-0.15, -0.1) is 0 Å². The number of rotatable bonds is 6. The molecule has 10 nitrogen and oxygen atoms in total. The number of aromatic nitrogens is 1. The molecule has 3 rings (SSSR count). The summed E-state index contributed by atoms with van der Waals surface area (Å²) in [4.78, 5) is 22.8. The van der Waals surface area contributed by atoms with Gasteiger partial charge < -0.3 is 4.90 Å². The molecular formula is C18H21ClN4O6S2. The second-order valence-electron chi connectivity index (χ2n) is 6.63. The Hall–Kier alpha value is -2.09. The lowest BCUT2D eigenvalue weighted by Gasteiger charge is -2.34. The van der Waals surface area contributed by atoms with E-state index in [9.17, 15) is 21.6 Å². The number of hydrogen-bond acceptors (Lipinski definition) is 7. The van der Waals surface area contributed by atoms with E-state index in [4.69, 9.17) is 16.4 Å². The first kappa shape index (κ1) is 23.6. The van der Waals surface area contributed by atoms with E-state index >= 15 is 0 Å². The highest BCUT2D eigenvalue weighted by molar-refractivity contribution is 7.89. The Labute approximate surface area is 186 Å². The zero-order valence-corrected chi connectivity index (χ0v) is 19.2. The van der Waals surface area contributed by atoms with Crippen LogP contribution in [0.4, 0.5) is 0 Å². The van der Waals surface area contributed by atoms with Crippen LogP contribution in [0.3, 0.4) is 0 Å². The third kappa shape index (κ3) is 4.73. The lowest BCUT2D eigenvalue weighted by atomic mass is 10.2. The van der Waals surface area contributed by atoms with Gasteiger partial charge in [0.25, 0.3) is 15.9 Å². The van der Waals surface area contributed by atoms with Crippen LogP contribution in [-0.4, -0.2) is 81.7 Å². The second-order valence-corrected chi connectivity index (χ2v) is 10.9. The van der Waals surface area contributed by atoms with Crippen LogP contribution < -0.4 is 0 Å². The fourth-order valence-electron chi connectivity index (χ4n) is 3.03. The number of hydroxylamine groups is 1. The van der Waals surface area contributed by atoms with Gasteiger partial charge in [-0.05, 0) is 30.3 Å². The molecule has 0 radical (unpaired) electrons. The normalized spacial score (nSPS) is 15.9. The molecule has 0 atom stereocenters. The van der Waals surface area contributed by atoms with Crippen molar-refractivity contribution in [2.45, 2.75) is 9.79 Å². The number of piperazine rings is 1. The Balaban J connectivity index is 1.77. The summed E-state index contributed by atoms with van der Waals surface area (Å²) >= 11 is 6.04. The number of sulfonamides is 2. The van der Waals surface area contributed by atoms with Gasteiger partial charge in [-0.2, -0.15) is 4.31 Å². The quantitative estimate of drug-likeness (QED) is 0.558. The Morgan fingerprint density at radius 2 is 1.81 bits per heavy atom. The van der Waals surface area contributed by atoms with Crippen molar-refractivity contribution in [2.24, 2.45) is 0 Å². The molecule has 2 aromatic rings. The minimum absolute atomic E-state index is 0.0483. The van der Waals surface area contributed by atoms with E-state index in [-0.39, 0.29) is 46.6 Å². The number of nitrogens with zero attached hydrogens (tertiary/aromatic N) is 4. The van der Waals surface area contributed by atoms with Crippen molar-refractivity contribution in [3.8, 4) is 0 Å². The van der Waals surface area contributed by atoms with Gasteiger partial charge in [-0.1, -0.05) is 16.1 Å². The first-order valence-corrected chi connectivity index (χ1v) is 12.4. The molecule has 1 aromatic carbocycles. The van der Waals surface area contributed by atoms with Gasteiger partial charge in [0.1, 0.15) is 9.79 Å². The Bertz CT molecular complexity index is 1170. The topological polar surface area (TPSA) is 117 Å². The molecule has 31 heavy (non-hydrogen) atoms. The molecule has 0 aliphatic carbocycles. The van der Waals surface area contributed by atoms with E-state index in [1.807, 2.05) is 0 Å². The second kappa shape index (κ2) is 9.18. The summed E-state index contributed by atoms with van der Waals surface area (Å²) in [5, 5.41) is -0.0483. The molecule has 0 N–H and O–H groups in total. The molecule has 0 saturated carbocycles. The minimum Gasteiger partial charge on any atom is -0.336 e. The number of pyridine rings is 1. The van der Waals surface area contributed by atoms with E-state index in [0.29, 0.717) is 4.47 Å². The maximum atomic E-state index is 12.9. The molecule has 2 heterocycles. The van der Waals surface area contributed by atoms with Crippen LogP contribution in [0.25, 0.3) is 0 Å². The van der Waals surface area contributed by atoms with Crippen LogP contribution >= 0.6 is 11.6 Å². The van der Waals surface area contributed by atoms with Gasteiger partial charge in [0, 0.05) is 51.2 Å². The lowest BCUT2D eigenvalue weighted by molar-refractivity contribution is -0.0258. The molecule has 0 spiro atoms. The molecule has 1 fully saturated rings. The van der Waals surface area contributed by atoms with Crippen molar-refractivity contribution in [1.82, 2.24) is 18.7 Å². The molecule has 1 amide bonds. The monoisotopic (exact) mass is 488 g/mol. The molecule has 1 saturated heterocycles. The molecule has 1 aliphatic rings. The first-order valence-electron chi connectivity index (χ1n) is 9.11. The third-order valence-corrected chi connectivity index (χ3v) is 8.89. The highest BCUT2D eigenvalue weighted by Gasteiger charge is 2.31. The average molecular weight is 489 g/mol. The number of amides is 1. The zero-order chi connectivity index (χ0) is 22.8. The largest absolute Gasteiger partial charge is 0.336 e. The van der Waals surface area contributed by atoms with Crippen molar-refractivity contribution >= 4 is 37.6 Å². The number of carbonyl (C=O) groups excluding carboxylic acids is 1. The summed E-state index contributed by atoms with van der Waals surface area (Å²) < 4.78 is 52.4. The first-order chi connectivity index (χ1) is 14.6. The summed E-state index contributed by atoms with van der Waals surface area (Å²) in [6, 6.07) is 6.95. The van der Waals surface area contributed by atoms with Gasteiger partial charge in [-0.3, -0.25) is 14.6 Å². The number of benzene rings is 1. The molecule has 1 aromatic heterocycles. The van der Waals surface area contributed by atoms with E-state index in [1.165, 1.54) is 60.0 Å². The van der Waals surface area contributed by atoms with Gasteiger partial charge in [0.15, 0.2) is 0 Å². The average Bonchev–Trinajstić information content (AvgIpc) is 2.78. The van der Waals surface area contributed by atoms with Crippen molar-refractivity contribution in [3.05, 3.63) is 53.3 Å². The summed E-state index contributed by atoms with van der Waals surface area (Å²) in [6.45, 7) is 0.518. The predicted molar refractivity (Wildman–Crippen MR) is 112 cm³/mol. The van der Waals surface area contributed by atoms with E-state index < -0.39 is 26.0 Å². The van der Waals surface area contributed by atoms with Crippen LogP contribution in [0.5, 0.6) is 0 Å². The fraction of sp³-hybridized carbons (Fsp3) is 0.333. The highest BCUT2D eigenvalue weighted by Crippen LogP contribution is 2.26. The van der Waals surface area contributed by atoms with Gasteiger partial charge >= 0.3 is 0 Å². The molecule has 0 unspecified atom stereocenters. The van der Waals surface area contributed by atoms with Gasteiger partial charge in [0.05, 0.1) is 12.1 Å². The Kier molecular flexibility index (Phi) is 6.98. The summed E-state index contributed by atoms with van der Waals surface area (Å²) in [6.07, 6.45) is 2.76. The molecule has 1 aliphatic heterocycles. The van der Waals surface area contributed by atoms with Crippen LogP contribution in [-0.2, 0) is 24.9 Å². The lowest BCUT2D eigenvalue weighted by Crippen LogP contribution is -2.50. The van der Waals surface area contributed by atoms with Crippen LogP contribution in [0.1, 0.15) is 10.4 Å². The fourth-order valence-corrected chi connectivity index (χ4v) is 5.89. The number of carbonyl (C=O) groups is 1. The zero-order valence-electron chi connectivity index (χ0n) is 16.8. The van der Waals surface area contributed by atoms with Crippen molar-refractivity contribution in [2.75, 3.05) is 40.3 Å². The van der Waals surface area contributed by atoms with Crippen molar-refractivity contribution in [1.29, 1.82) is 0 Å². The van der Waals surface area contributed by atoms with Gasteiger partial charge in [0.2, 0.25) is 10.0 Å². The van der Waals surface area contributed by atoms with Crippen molar-refractivity contribution in [3.63, 3.8) is 0 Å². The SMILES string of the molecule is CON(C)S(=O)(=O)c1cc(C(=O)N2CCN(S(=O)(=O)c3cccnc3)CC2)ccc1Cl. The maximum Gasteiger partial charge on any atom is 0.266 e. The summed E-state index contributed by atoms with van der Waals surface area (Å²) in [5.41, 5.74) is 0.121. The van der Waals surface area contributed by atoms with E-state index in [1.54, 1.807) is 6.07 Å². The van der Waals surface area contributed by atoms with E-state index in [0.717, 1.165) is 0 Å². The smallest absolute Gasteiger partial charge is 0.266 e. The molecular weight excluding hydrogens is 468 g/mol. The van der Waals surface area contributed by atoms with E-state index in [2.05, 4.69) is 4.98 Å². The van der Waals surface area contributed by atoms with Gasteiger partial charge in [-0.25, -0.2) is 16.8 Å². The number of halogens is 1. The number of hydrogen-bond donors (Lipinski definition) is 0. The predicted octanol–water partition coefficient (Wildman–Crippen LogP) is 1.06. The Morgan fingerprint density at radius 3 is 2.39 bits per heavy atom. The maximum absolute atomic E-state index is 12.9. The minimum atomic E-state index is -4.05. The molecule has 0 bridgehead atoms. The third-order valence-electron chi connectivity index (χ3n) is 4.85. The van der Waals surface area contributed by atoms with Crippen LogP contribution in [0.2, 0.25) is 5.02 Å². The van der Waals surface area contributed by atoms with Crippen LogP contribution in [0.15, 0.2) is 52.5 Å². The van der Waals surface area contributed by atoms with Crippen LogP contribution in [0, 0.1) is 0 Å².